The molecule has 0 saturated carbocycles. The molecule has 72 valence electrons. The molecule has 1 N–H and O–H groups in total. The van der Waals surface area contributed by atoms with E-state index in [9.17, 15) is 18.0 Å². The summed E-state index contributed by atoms with van der Waals surface area (Å²) in [6, 6.07) is 0. The molecule has 1 atom stereocenters. The van der Waals surface area contributed by atoms with Gasteiger partial charge in [-0.3, -0.25) is 0 Å². The van der Waals surface area contributed by atoms with Crippen LogP contribution in [0.3, 0.4) is 0 Å². The van der Waals surface area contributed by atoms with Crippen LogP contribution in [0.5, 0.6) is 0 Å². The van der Waals surface area contributed by atoms with E-state index in [1.54, 1.807) is 0 Å². The van der Waals surface area contributed by atoms with E-state index in [-0.39, 0.29) is 6.61 Å². The molecule has 0 aromatic heterocycles. The Hall–Kier alpha value is -0.780. The third-order valence-corrected chi connectivity index (χ3v) is 1.04. The van der Waals surface area contributed by atoms with Crippen LogP contribution in [0, 0.1) is 5.92 Å². The molecule has 0 aliphatic carbocycles. The Morgan fingerprint density at radius 3 is 2.42 bits per heavy atom. The fourth-order valence-corrected chi connectivity index (χ4v) is 0.352. The van der Waals surface area contributed by atoms with Crippen molar-refractivity contribution in [2.45, 2.75) is 13.1 Å². The summed E-state index contributed by atoms with van der Waals surface area (Å²) in [5.41, 5.74) is 0. The van der Waals surface area contributed by atoms with Crippen molar-refractivity contribution >= 4 is 5.97 Å². The van der Waals surface area contributed by atoms with E-state index in [1.165, 1.54) is 6.92 Å². The molecule has 0 radical (unpaired) electrons. The molecule has 0 rings (SSSR count). The smallest absolute Gasteiger partial charge is 0.459 e. The van der Waals surface area contributed by atoms with Crippen molar-refractivity contribution in [3.63, 3.8) is 0 Å². The van der Waals surface area contributed by atoms with Gasteiger partial charge in [-0.05, 0) is 0 Å². The second-order valence-corrected chi connectivity index (χ2v) is 2.38. The Morgan fingerprint density at radius 1 is 1.58 bits per heavy atom. The standard InChI is InChI=1S/C6H9F3O3/c1-4(2-10)3-12-5(11)6(7,8)9/h4,10H,2-3H2,1H3. The van der Waals surface area contributed by atoms with E-state index in [1.807, 2.05) is 0 Å². The minimum absolute atomic E-state index is 0.314. The second-order valence-electron chi connectivity index (χ2n) is 2.38. The van der Waals surface area contributed by atoms with Gasteiger partial charge in [0.05, 0.1) is 6.61 Å². The molecule has 0 aliphatic rings. The normalized spacial score (nSPS) is 14.1. The Kier molecular flexibility index (Phi) is 4.02. The monoisotopic (exact) mass is 186 g/mol. The molecule has 6 heteroatoms. The van der Waals surface area contributed by atoms with Crippen molar-refractivity contribution in [2.24, 2.45) is 5.92 Å². The molecule has 3 nitrogen and oxygen atoms in total. The SMILES string of the molecule is CC(CO)COC(=O)C(F)(F)F. The first-order valence-corrected chi connectivity index (χ1v) is 3.22. The van der Waals surface area contributed by atoms with Gasteiger partial charge in [0, 0.05) is 12.5 Å². The fourth-order valence-electron chi connectivity index (χ4n) is 0.352. The molecule has 0 aromatic rings. The van der Waals surface area contributed by atoms with E-state index < -0.39 is 24.7 Å². The predicted molar refractivity (Wildman–Crippen MR) is 33.3 cm³/mol. The lowest BCUT2D eigenvalue weighted by Crippen LogP contribution is -2.27. The molecular formula is C6H9F3O3. The zero-order valence-electron chi connectivity index (χ0n) is 6.39. The molecule has 0 heterocycles. The van der Waals surface area contributed by atoms with Crippen LogP contribution in [0.25, 0.3) is 0 Å². The second kappa shape index (κ2) is 4.30. The van der Waals surface area contributed by atoms with Crippen molar-refractivity contribution < 1.29 is 27.8 Å². The van der Waals surface area contributed by atoms with E-state index in [4.69, 9.17) is 5.11 Å². The lowest BCUT2D eigenvalue weighted by molar-refractivity contribution is -0.201. The molecule has 0 amide bonds. The molecule has 0 aromatic carbocycles. The van der Waals surface area contributed by atoms with Crippen molar-refractivity contribution in [2.75, 3.05) is 13.2 Å². The quantitative estimate of drug-likeness (QED) is 0.660. The van der Waals surface area contributed by atoms with Gasteiger partial charge in [0.2, 0.25) is 0 Å². The van der Waals surface area contributed by atoms with Crippen LogP contribution in [-0.4, -0.2) is 30.5 Å². The van der Waals surface area contributed by atoms with Gasteiger partial charge in [-0.25, -0.2) is 4.79 Å². The Bertz CT molecular complexity index is 155. The molecule has 0 fully saturated rings. The van der Waals surface area contributed by atoms with Crippen LogP contribution in [-0.2, 0) is 9.53 Å². The highest BCUT2D eigenvalue weighted by Crippen LogP contribution is 2.16. The topological polar surface area (TPSA) is 46.5 Å². The third-order valence-electron chi connectivity index (χ3n) is 1.04. The number of rotatable bonds is 3. The van der Waals surface area contributed by atoms with Gasteiger partial charge in [-0.15, -0.1) is 0 Å². The number of alkyl halides is 3. The number of esters is 1. The van der Waals surface area contributed by atoms with Crippen LogP contribution < -0.4 is 0 Å². The lowest BCUT2D eigenvalue weighted by Gasteiger charge is -2.10. The zero-order chi connectivity index (χ0) is 9.78. The summed E-state index contributed by atoms with van der Waals surface area (Å²) >= 11 is 0. The largest absolute Gasteiger partial charge is 0.490 e. The summed E-state index contributed by atoms with van der Waals surface area (Å²) in [7, 11) is 0. The maximum atomic E-state index is 11.5. The highest BCUT2D eigenvalue weighted by molar-refractivity contribution is 5.75. The van der Waals surface area contributed by atoms with Gasteiger partial charge in [0.15, 0.2) is 0 Å². The van der Waals surface area contributed by atoms with Crippen LogP contribution in [0.2, 0.25) is 0 Å². The predicted octanol–water partition coefficient (Wildman–Crippen LogP) is 0.720. The Balaban J connectivity index is 3.73. The van der Waals surface area contributed by atoms with Gasteiger partial charge in [-0.2, -0.15) is 13.2 Å². The maximum absolute atomic E-state index is 11.5. The zero-order valence-corrected chi connectivity index (χ0v) is 6.39. The van der Waals surface area contributed by atoms with Gasteiger partial charge >= 0.3 is 12.1 Å². The highest BCUT2D eigenvalue weighted by atomic mass is 19.4. The molecule has 1 unspecified atom stereocenters. The number of carbonyl (C=O) groups excluding carboxylic acids is 1. The van der Waals surface area contributed by atoms with Crippen LogP contribution >= 0.6 is 0 Å². The number of hydrogen-bond acceptors (Lipinski definition) is 3. The number of halogens is 3. The first-order chi connectivity index (χ1) is 5.38. The number of aliphatic hydroxyl groups is 1. The lowest BCUT2D eigenvalue weighted by atomic mass is 10.2. The van der Waals surface area contributed by atoms with Crippen LogP contribution in [0.1, 0.15) is 6.92 Å². The molecule has 0 bridgehead atoms. The average molecular weight is 186 g/mol. The van der Waals surface area contributed by atoms with E-state index in [2.05, 4.69) is 4.74 Å². The molecule has 0 spiro atoms. The summed E-state index contributed by atoms with van der Waals surface area (Å²) in [5.74, 6) is -2.70. The van der Waals surface area contributed by atoms with E-state index in [0.717, 1.165) is 0 Å². The summed E-state index contributed by atoms with van der Waals surface area (Å²) < 4.78 is 38.2. The summed E-state index contributed by atoms with van der Waals surface area (Å²) in [6.45, 7) is 0.726. The van der Waals surface area contributed by atoms with E-state index in [0.29, 0.717) is 0 Å². The fraction of sp³-hybridized carbons (Fsp3) is 0.833. The minimum Gasteiger partial charge on any atom is -0.459 e. The van der Waals surface area contributed by atoms with E-state index >= 15 is 0 Å². The van der Waals surface area contributed by atoms with Crippen LogP contribution in [0.15, 0.2) is 0 Å². The molecule has 0 aliphatic heterocycles. The summed E-state index contributed by atoms with van der Waals surface area (Å²) in [5, 5.41) is 8.38. The summed E-state index contributed by atoms with van der Waals surface area (Å²) in [4.78, 5) is 10.1. The Morgan fingerprint density at radius 2 is 2.08 bits per heavy atom. The number of carbonyl (C=O) groups is 1. The van der Waals surface area contributed by atoms with Gasteiger partial charge < -0.3 is 9.84 Å². The Labute approximate surface area is 67.1 Å². The number of hydrogen-bond donors (Lipinski definition) is 1. The van der Waals surface area contributed by atoms with Crippen molar-refractivity contribution in [3.8, 4) is 0 Å². The molecular weight excluding hydrogens is 177 g/mol. The molecule has 0 saturated heterocycles. The third kappa shape index (κ3) is 4.17. The average Bonchev–Trinajstić information content (AvgIpc) is 1.97. The number of ether oxygens (including phenoxy) is 1. The van der Waals surface area contributed by atoms with Crippen molar-refractivity contribution in [1.82, 2.24) is 0 Å². The first-order valence-electron chi connectivity index (χ1n) is 3.22. The maximum Gasteiger partial charge on any atom is 0.490 e. The van der Waals surface area contributed by atoms with Crippen molar-refractivity contribution in [1.29, 1.82) is 0 Å². The van der Waals surface area contributed by atoms with Crippen LogP contribution in [0.4, 0.5) is 13.2 Å². The van der Waals surface area contributed by atoms with Crippen molar-refractivity contribution in [3.05, 3.63) is 0 Å². The first kappa shape index (κ1) is 11.2. The number of aliphatic hydroxyl groups excluding tert-OH is 1. The minimum atomic E-state index is -4.95. The highest BCUT2D eigenvalue weighted by Gasteiger charge is 2.40. The van der Waals surface area contributed by atoms with Gasteiger partial charge in [0.25, 0.3) is 0 Å². The van der Waals surface area contributed by atoms with Gasteiger partial charge in [0.1, 0.15) is 0 Å². The summed E-state index contributed by atoms with van der Waals surface area (Å²) in [6.07, 6.45) is -4.95. The van der Waals surface area contributed by atoms with Gasteiger partial charge in [-0.1, -0.05) is 6.92 Å². The molecule has 12 heavy (non-hydrogen) atoms.